The van der Waals surface area contributed by atoms with Crippen molar-refractivity contribution in [3.05, 3.63) is 35.9 Å². The minimum absolute atomic E-state index is 0.247. The van der Waals surface area contributed by atoms with E-state index in [-0.39, 0.29) is 6.04 Å². The minimum Gasteiger partial charge on any atom is -0.363 e. The van der Waals surface area contributed by atoms with Gasteiger partial charge in [-0.15, -0.1) is 0 Å². The summed E-state index contributed by atoms with van der Waals surface area (Å²) in [4.78, 5) is 0. The predicted octanol–water partition coefficient (Wildman–Crippen LogP) is 2.96. The van der Waals surface area contributed by atoms with E-state index in [0.29, 0.717) is 0 Å². The Balaban J connectivity index is 2.26. The Labute approximate surface area is 114 Å². The van der Waals surface area contributed by atoms with E-state index >= 15 is 0 Å². The summed E-state index contributed by atoms with van der Waals surface area (Å²) in [5, 5.41) is 7.25. The summed E-state index contributed by atoms with van der Waals surface area (Å²) < 4.78 is 0. The summed E-state index contributed by atoms with van der Waals surface area (Å²) in [5.41, 5.74) is 1.25. The summed E-state index contributed by atoms with van der Waals surface area (Å²) in [6.45, 7) is 3.05. The van der Waals surface area contributed by atoms with Crippen LogP contribution in [0.2, 0.25) is 0 Å². The van der Waals surface area contributed by atoms with Gasteiger partial charge in [-0.1, -0.05) is 30.3 Å². The van der Waals surface area contributed by atoms with E-state index < -0.39 is 0 Å². The molecule has 0 fully saturated rings. The SMILES string of the molecule is CSCCCNC(=S)N[C@H](C)c1ccccc1. The maximum Gasteiger partial charge on any atom is 0.166 e. The molecule has 2 nitrogen and oxygen atoms in total. The van der Waals surface area contributed by atoms with E-state index in [4.69, 9.17) is 12.2 Å². The molecule has 0 aliphatic carbocycles. The number of rotatable bonds is 6. The zero-order valence-corrected chi connectivity index (χ0v) is 12.0. The van der Waals surface area contributed by atoms with E-state index in [2.05, 4.69) is 35.9 Å². The van der Waals surface area contributed by atoms with Crippen LogP contribution in [0.25, 0.3) is 0 Å². The first kappa shape index (κ1) is 14.3. The van der Waals surface area contributed by atoms with Gasteiger partial charge in [-0.2, -0.15) is 11.8 Å². The van der Waals surface area contributed by atoms with Crippen LogP contribution in [0, 0.1) is 0 Å². The Bertz CT molecular complexity index is 327. The fourth-order valence-corrected chi connectivity index (χ4v) is 2.20. The molecular formula is C13H20N2S2. The second kappa shape index (κ2) is 8.37. The molecule has 94 valence electrons. The summed E-state index contributed by atoms with van der Waals surface area (Å²) in [5.74, 6) is 1.17. The molecule has 0 spiro atoms. The van der Waals surface area contributed by atoms with Gasteiger partial charge in [-0.3, -0.25) is 0 Å². The highest BCUT2D eigenvalue weighted by Gasteiger charge is 2.05. The van der Waals surface area contributed by atoms with Crippen LogP contribution < -0.4 is 10.6 Å². The van der Waals surface area contributed by atoms with Gasteiger partial charge in [0, 0.05) is 6.54 Å². The number of hydrogen-bond acceptors (Lipinski definition) is 2. The molecule has 0 aromatic heterocycles. The molecule has 0 unspecified atom stereocenters. The van der Waals surface area contributed by atoms with Gasteiger partial charge in [0.05, 0.1) is 6.04 Å². The zero-order chi connectivity index (χ0) is 12.5. The topological polar surface area (TPSA) is 24.1 Å². The van der Waals surface area contributed by atoms with E-state index in [1.807, 2.05) is 30.0 Å². The van der Waals surface area contributed by atoms with Crippen molar-refractivity contribution in [2.45, 2.75) is 19.4 Å². The van der Waals surface area contributed by atoms with Crippen molar-refractivity contribution in [2.24, 2.45) is 0 Å². The lowest BCUT2D eigenvalue weighted by Crippen LogP contribution is -2.37. The first-order valence-corrected chi connectivity index (χ1v) is 7.62. The summed E-state index contributed by atoms with van der Waals surface area (Å²) >= 11 is 7.11. The Morgan fingerprint density at radius 1 is 1.35 bits per heavy atom. The van der Waals surface area contributed by atoms with Crippen LogP contribution in [0.15, 0.2) is 30.3 Å². The fraction of sp³-hybridized carbons (Fsp3) is 0.462. The van der Waals surface area contributed by atoms with Gasteiger partial charge >= 0.3 is 0 Å². The van der Waals surface area contributed by atoms with Gasteiger partial charge in [0.15, 0.2) is 5.11 Å². The third-order valence-electron chi connectivity index (χ3n) is 2.46. The molecule has 0 heterocycles. The van der Waals surface area contributed by atoms with E-state index in [1.54, 1.807) is 0 Å². The molecule has 1 atom stereocenters. The lowest BCUT2D eigenvalue weighted by Gasteiger charge is -2.17. The molecule has 0 saturated heterocycles. The largest absolute Gasteiger partial charge is 0.363 e. The standard InChI is InChI=1S/C13H20N2S2/c1-11(12-7-4-3-5-8-12)15-13(16)14-9-6-10-17-2/h3-5,7-8,11H,6,9-10H2,1-2H3,(H2,14,15,16)/t11-/m1/s1. The van der Waals surface area contributed by atoms with Crippen molar-refractivity contribution in [1.29, 1.82) is 0 Å². The van der Waals surface area contributed by atoms with Crippen LogP contribution in [-0.2, 0) is 0 Å². The van der Waals surface area contributed by atoms with Crippen molar-refractivity contribution in [2.75, 3.05) is 18.6 Å². The van der Waals surface area contributed by atoms with Gasteiger partial charge < -0.3 is 10.6 Å². The van der Waals surface area contributed by atoms with Crippen LogP contribution in [0.3, 0.4) is 0 Å². The Hall–Kier alpha value is -0.740. The highest BCUT2D eigenvalue weighted by molar-refractivity contribution is 7.98. The molecule has 0 aliphatic heterocycles. The lowest BCUT2D eigenvalue weighted by molar-refractivity contribution is 0.695. The average molecular weight is 268 g/mol. The van der Waals surface area contributed by atoms with Crippen LogP contribution in [0.5, 0.6) is 0 Å². The van der Waals surface area contributed by atoms with Gasteiger partial charge in [0.25, 0.3) is 0 Å². The molecule has 0 radical (unpaired) electrons. The molecule has 1 aromatic rings. The number of thioether (sulfide) groups is 1. The van der Waals surface area contributed by atoms with Crippen molar-refractivity contribution in [3.8, 4) is 0 Å². The Kier molecular flexibility index (Phi) is 7.05. The van der Waals surface area contributed by atoms with Gasteiger partial charge in [0.1, 0.15) is 0 Å². The molecule has 2 N–H and O–H groups in total. The third-order valence-corrected chi connectivity index (χ3v) is 3.42. The van der Waals surface area contributed by atoms with Crippen LogP contribution in [-0.4, -0.2) is 23.7 Å². The first-order valence-electron chi connectivity index (χ1n) is 5.82. The second-order valence-electron chi connectivity index (χ2n) is 3.88. The maximum absolute atomic E-state index is 5.25. The smallest absolute Gasteiger partial charge is 0.166 e. The van der Waals surface area contributed by atoms with Gasteiger partial charge in [-0.25, -0.2) is 0 Å². The number of thiocarbonyl (C=S) groups is 1. The quantitative estimate of drug-likeness (QED) is 0.612. The van der Waals surface area contributed by atoms with Crippen molar-refractivity contribution >= 4 is 29.1 Å². The molecular weight excluding hydrogens is 248 g/mol. The van der Waals surface area contributed by atoms with E-state index in [9.17, 15) is 0 Å². The van der Waals surface area contributed by atoms with Crippen LogP contribution in [0.1, 0.15) is 24.9 Å². The molecule has 17 heavy (non-hydrogen) atoms. The minimum atomic E-state index is 0.247. The average Bonchev–Trinajstić information content (AvgIpc) is 2.36. The molecule has 0 amide bonds. The molecule has 1 aromatic carbocycles. The lowest BCUT2D eigenvalue weighted by atomic mass is 10.1. The fourth-order valence-electron chi connectivity index (χ4n) is 1.49. The predicted molar refractivity (Wildman–Crippen MR) is 81.6 cm³/mol. The third kappa shape index (κ3) is 5.94. The number of benzene rings is 1. The summed E-state index contributed by atoms with van der Waals surface area (Å²) in [6.07, 6.45) is 3.26. The van der Waals surface area contributed by atoms with E-state index in [1.165, 1.54) is 11.3 Å². The zero-order valence-electron chi connectivity index (χ0n) is 10.4. The first-order chi connectivity index (χ1) is 8.24. The van der Waals surface area contributed by atoms with Gasteiger partial charge in [-0.05, 0) is 43.1 Å². The molecule has 1 rings (SSSR count). The van der Waals surface area contributed by atoms with Crippen molar-refractivity contribution in [3.63, 3.8) is 0 Å². The van der Waals surface area contributed by atoms with Crippen molar-refractivity contribution in [1.82, 2.24) is 10.6 Å². The van der Waals surface area contributed by atoms with E-state index in [0.717, 1.165) is 18.1 Å². The molecule has 4 heteroatoms. The van der Waals surface area contributed by atoms with Crippen LogP contribution in [0.4, 0.5) is 0 Å². The normalized spacial score (nSPS) is 11.9. The molecule has 0 aliphatic rings. The highest BCUT2D eigenvalue weighted by atomic mass is 32.2. The second-order valence-corrected chi connectivity index (χ2v) is 5.27. The molecule has 0 bridgehead atoms. The number of nitrogens with one attached hydrogen (secondary N) is 2. The van der Waals surface area contributed by atoms with Gasteiger partial charge in [0.2, 0.25) is 0 Å². The van der Waals surface area contributed by atoms with Crippen molar-refractivity contribution < 1.29 is 0 Å². The van der Waals surface area contributed by atoms with Crippen LogP contribution >= 0.6 is 24.0 Å². The highest BCUT2D eigenvalue weighted by Crippen LogP contribution is 2.10. The number of hydrogen-bond donors (Lipinski definition) is 2. The summed E-state index contributed by atoms with van der Waals surface area (Å²) in [7, 11) is 0. The maximum atomic E-state index is 5.25. The Morgan fingerprint density at radius 3 is 2.71 bits per heavy atom. The monoisotopic (exact) mass is 268 g/mol. The Morgan fingerprint density at radius 2 is 2.06 bits per heavy atom. The molecule has 0 saturated carbocycles. The summed E-state index contributed by atoms with van der Waals surface area (Å²) in [6, 6.07) is 10.6.